The minimum Gasteiger partial charge on any atom is -0.398 e. The van der Waals surface area contributed by atoms with Crippen LogP contribution in [0, 0.1) is 0 Å². The third kappa shape index (κ3) is 4.97. The van der Waals surface area contributed by atoms with E-state index in [1.165, 1.54) is 0 Å². The molecule has 0 fully saturated rings. The molecule has 0 aliphatic rings. The van der Waals surface area contributed by atoms with E-state index in [-0.39, 0.29) is 5.91 Å². The Balaban J connectivity index is 1.40. The number of nitrogens with zero attached hydrogens (tertiary/aromatic N) is 2. The molecule has 1 aromatic heterocycles. The highest BCUT2D eigenvalue weighted by atomic mass is 16.5. The number of carbonyl (C=O) groups excluding carboxylic acids is 1. The predicted molar refractivity (Wildman–Crippen MR) is 107 cm³/mol. The Labute approximate surface area is 159 Å². The number of benzene rings is 2. The molecular weight excluding hydrogens is 338 g/mol. The van der Waals surface area contributed by atoms with E-state index in [4.69, 9.17) is 10.3 Å². The maximum Gasteiger partial charge on any atom is 0.255 e. The van der Waals surface area contributed by atoms with Crippen LogP contribution in [0.15, 0.2) is 65.2 Å². The molecule has 1 amide bonds. The Bertz CT molecular complexity index is 874. The van der Waals surface area contributed by atoms with Crippen molar-refractivity contribution in [2.75, 3.05) is 19.3 Å². The SMILES string of the molecule is CN(CCCCCc1cc(-c2ccccc2)no1)C(=O)c1ccccc1N. The summed E-state index contributed by atoms with van der Waals surface area (Å²) >= 11 is 0. The van der Waals surface area contributed by atoms with Crippen LogP contribution in [0.1, 0.15) is 35.4 Å². The predicted octanol–water partition coefficient (Wildman–Crippen LogP) is 4.41. The molecule has 27 heavy (non-hydrogen) atoms. The zero-order chi connectivity index (χ0) is 19.1. The van der Waals surface area contributed by atoms with Crippen molar-refractivity contribution in [3.05, 3.63) is 72.0 Å². The lowest BCUT2D eigenvalue weighted by Crippen LogP contribution is -2.28. The van der Waals surface area contributed by atoms with Gasteiger partial charge in [-0.2, -0.15) is 0 Å². The fourth-order valence-corrected chi connectivity index (χ4v) is 3.00. The molecule has 0 radical (unpaired) electrons. The Hall–Kier alpha value is -3.08. The van der Waals surface area contributed by atoms with Crippen LogP contribution in [0.25, 0.3) is 11.3 Å². The van der Waals surface area contributed by atoms with Crippen LogP contribution in [0.5, 0.6) is 0 Å². The Morgan fingerprint density at radius 2 is 1.78 bits per heavy atom. The summed E-state index contributed by atoms with van der Waals surface area (Å²) in [5.41, 5.74) is 8.90. The second-order valence-corrected chi connectivity index (χ2v) is 6.67. The van der Waals surface area contributed by atoms with Crippen LogP contribution < -0.4 is 5.73 Å². The number of amides is 1. The monoisotopic (exact) mass is 363 g/mol. The van der Waals surface area contributed by atoms with Crippen molar-refractivity contribution in [3.63, 3.8) is 0 Å². The molecule has 5 nitrogen and oxygen atoms in total. The number of nitrogen functional groups attached to an aromatic ring is 1. The summed E-state index contributed by atoms with van der Waals surface area (Å²) in [6.45, 7) is 0.707. The number of aromatic nitrogens is 1. The number of hydrogen-bond acceptors (Lipinski definition) is 4. The van der Waals surface area contributed by atoms with Gasteiger partial charge in [0.15, 0.2) is 0 Å². The maximum absolute atomic E-state index is 12.4. The third-order valence-electron chi connectivity index (χ3n) is 4.58. The van der Waals surface area contributed by atoms with Crippen molar-refractivity contribution in [3.8, 4) is 11.3 Å². The van der Waals surface area contributed by atoms with Gasteiger partial charge in [0, 0.05) is 37.3 Å². The third-order valence-corrected chi connectivity index (χ3v) is 4.58. The summed E-state index contributed by atoms with van der Waals surface area (Å²) in [6, 6.07) is 19.2. The fourth-order valence-electron chi connectivity index (χ4n) is 3.00. The van der Waals surface area contributed by atoms with Gasteiger partial charge in [-0.3, -0.25) is 4.79 Å². The standard InChI is InChI=1S/C22H25N3O2/c1-25(22(26)19-13-7-8-14-20(19)23)15-9-3-6-12-18-16-21(24-27-18)17-10-4-2-5-11-17/h2,4-5,7-8,10-11,13-14,16H,3,6,9,12,15,23H2,1H3. The van der Waals surface area contributed by atoms with Gasteiger partial charge in [-0.1, -0.05) is 54.0 Å². The van der Waals surface area contributed by atoms with Gasteiger partial charge < -0.3 is 15.2 Å². The van der Waals surface area contributed by atoms with Gasteiger partial charge in [0.05, 0.1) is 5.56 Å². The Kier molecular flexibility index (Phi) is 6.26. The largest absolute Gasteiger partial charge is 0.398 e. The quantitative estimate of drug-likeness (QED) is 0.475. The zero-order valence-corrected chi connectivity index (χ0v) is 15.6. The van der Waals surface area contributed by atoms with E-state index in [2.05, 4.69) is 5.16 Å². The van der Waals surface area contributed by atoms with E-state index in [0.717, 1.165) is 42.7 Å². The topological polar surface area (TPSA) is 72.4 Å². The van der Waals surface area contributed by atoms with Crippen molar-refractivity contribution in [2.24, 2.45) is 0 Å². The number of aryl methyl sites for hydroxylation is 1. The molecule has 140 valence electrons. The van der Waals surface area contributed by atoms with Gasteiger partial charge in [0.25, 0.3) is 5.91 Å². The van der Waals surface area contributed by atoms with Crippen LogP contribution >= 0.6 is 0 Å². The molecule has 0 unspecified atom stereocenters. The second kappa shape index (κ2) is 9.03. The number of anilines is 1. The molecule has 3 rings (SSSR count). The molecule has 3 aromatic rings. The molecule has 0 bridgehead atoms. The van der Waals surface area contributed by atoms with Crippen LogP contribution in [-0.4, -0.2) is 29.6 Å². The number of para-hydroxylation sites is 1. The first-order valence-electron chi connectivity index (χ1n) is 9.26. The molecule has 0 saturated heterocycles. The average Bonchev–Trinajstić information content (AvgIpc) is 3.17. The van der Waals surface area contributed by atoms with E-state index >= 15 is 0 Å². The van der Waals surface area contributed by atoms with Crippen molar-refractivity contribution in [1.82, 2.24) is 10.1 Å². The summed E-state index contributed by atoms with van der Waals surface area (Å²) in [5.74, 6) is 0.867. The van der Waals surface area contributed by atoms with Crippen molar-refractivity contribution >= 4 is 11.6 Å². The molecule has 0 saturated carbocycles. The molecule has 1 heterocycles. The second-order valence-electron chi connectivity index (χ2n) is 6.67. The van der Waals surface area contributed by atoms with E-state index in [9.17, 15) is 4.79 Å². The van der Waals surface area contributed by atoms with E-state index in [1.54, 1.807) is 17.0 Å². The number of rotatable bonds is 8. The van der Waals surface area contributed by atoms with Crippen molar-refractivity contribution in [1.29, 1.82) is 0 Å². The molecule has 0 aliphatic carbocycles. The zero-order valence-electron chi connectivity index (χ0n) is 15.6. The summed E-state index contributed by atoms with van der Waals surface area (Å²) in [4.78, 5) is 14.1. The fraction of sp³-hybridized carbons (Fsp3) is 0.273. The van der Waals surface area contributed by atoms with Crippen LogP contribution in [0.4, 0.5) is 5.69 Å². The Morgan fingerprint density at radius 1 is 1.04 bits per heavy atom. The molecular formula is C22H25N3O2. The van der Waals surface area contributed by atoms with Crippen LogP contribution in [0.3, 0.4) is 0 Å². The lowest BCUT2D eigenvalue weighted by molar-refractivity contribution is 0.0793. The summed E-state index contributed by atoms with van der Waals surface area (Å²) in [5, 5.41) is 4.14. The first-order chi connectivity index (χ1) is 13.1. The van der Waals surface area contributed by atoms with Gasteiger partial charge >= 0.3 is 0 Å². The summed E-state index contributed by atoms with van der Waals surface area (Å²) in [7, 11) is 1.82. The maximum atomic E-state index is 12.4. The molecule has 0 atom stereocenters. The van der Waals surface area contributed by atoms with Crippen LogP contribution in [-0.2, 0) is 6.42 Å². The first-order valence-corrected chi connectivity index (χ1v) is 9.26. The first kappa shape index (κ1) is 18.7. The van der Waals surface area contributed by atoms with Crippen LogP contribution in [0.2, 0.25) is 0 Å². The van der Waals surface area contributed by atoms with E-state index in [0.29, 0.717) is 17.8 Å². The lowest BCUT2D eigenvalue weighted by Gasteiger charge is -2.18. The van der Waals surface area contributed by atoms with Gasteiger partial charge in [0.2, 0.25) is 0 Å². The highest BCUT2D eigenvalue weighted by molar-refractivity contribution is 5.98. The number of carbonyl (C=O) groups is 1. The minimum atomic E-state index is -0.0316. The normalized spacial score (nSPS) is 10.7. The van der Waals surface area contributed by atoms with E-state index < -0.39 is 0 Å². The number of unbranched alkanes of at least 4 members (excludes halogenated alkanes) is 2. The highest BCUT2D eigenvalue weighted by Crippen LogP contribution is 2.20. The van der Waals surface area contributed by atoms with E-state index in [1.807, 2.05) is 55.6 Å². The van der Waals surface area contributed by atoms with Crippen molar-refractivity contribution < 1.29 is 9.32 Å². The molecule has 0 spiro atoms. The highest BCUT2D eigenvalue weighted by Gasteiger charge is 2.13. The molecule has 5 heteroatoms. The van der Waals surface area contributed by atoms with Gasteiger partial charge in [-0.05, 0) is 25.0 Å². The average molecular weight is 363 g/mol. The van der Waals surface area contributed by atoms with Crippen molar-refractivity contribution in [2.45, 2.75) is 25.7 Å². The minimum absolute atomic E-state index is 0.0316. The smallest absolute Gasteiger partial charge is 0.255 e. The molecule has 0 aliphatic heterocycles. The van der Waals surface area contributed by atoms with Gasteiger partial charge in [0.1, 0.15) is 11.5 Å². The number of hydrogen-bond donors (Lipinski definition) is 1. The van der Waals surface area contributed by atoms with Gasteiger partial charge in [-0.25, -0.2) is 0 Å². The molecule has 2 N–H and O–H groups in total. The molecule has 2 aromatic carbocycles. The number of nitrogens with two attached hydrogens (primary N) is 1. The lowest BCUT2D eigenvalue weighted by atomic mass is 10.1. The Morgan fingerprint density at radius 3 is 2.56 bits per heavy atom. The summed E-state index contributed by atoms with van der Waals surface area (Å²) in [6.07, 6.45) is 3.81. The van der Waals surface area contributed by atoms with Gasteiger partial charge in [-0.15, -0.1) is 0 Å². The summed E-state index contributed by atoms with van der Waals surface area (Å²) < 4.78 is 5.43.